The van der Waals surface area contributed by atoms with Gasteiger partial charge in [-0.15, -0.1) is 0 Å². The number of aryl methyl sites for hydroxylation is 2. The Balaban J connectivity index is 2.73. The van der Waals surface area contributed by atoms with Gasteiger partial charge in [0.15, 0.2) is 5.65 Å². The Kier molecular flexibility index (Phi) is 2.44. The highest BCUT2D eigenvalue weighted by Crippen LogP contribution is 2.23. The van der Waals surface area contributed by atoms with E-state index in [-0.39, 0.29) is 6.10 Å². The minimum absolute atomic E-state index is 0.0392. The lowest BCUT2D eigenvalue weighted by molar-refractivity contribution is 0.119. The van der Waals surface area contributed by atoms with Gasteiger partial charge in [0.05, 0.1) is 24.2 Å². The van der Waals surface area contributed by atoms with Gasteiger partial charge in [0, 0.05) is 12.7 Å². The molecule has 4 nitrogen and oxygen atoms in total. The molecule has 0 spiro atoms. The lowest BCUT2D eigenvalue weighted by Crippen LogP contribution is -2.04. The van der Waals surface area contributed by atoms with Crippen LogP contribution in [0.3, 0.4) is 0 Å². The van der Waals surface area contributed by atoms with E-state index in [4.69, 9.17) is 4.74 Å². The summed E-state index contributed by atoms with van der Waals surface area (Å²) in [7, 11) is 1.71. The Hall–Kier alpha value is -1.42. The molecule has 2 heterocycles. The minimum atomic E-state index is 0.0392. The molecule has 0 bridgehead atoms. The highest BCUT2D eigenvalue weighted by atomic mass is 16.5. The number of hydrogen-bond donors (Lipinski definition) is 0. The van der Waals surface area contributed by atoms with Gasteiger partial charge in [-0.2, -0.15) is 5.10 Å². The van der Waals surface area contributed by atoms with Crippen LogP contribution in [0, 0.1) is 13.8 Å². The van der Waals surface area contributed by atoms with Crippen LogP contribution in [0.1, 0.15) is 29.8 Å². The molecule has 2 aromatic rings. The van der Waals surface area contributed by atoms with Crippen molar-refractivity contribution in [2.24, 2.45) is 0 Å². The van der Waals surface area contributed by atoms with E-state index < -0.39 is 0 Å². The third-order valence-electron chi connectivity index (χ3n) is 2.61. The van der Waals surface area contributed by atoms with E-state index in [9.17, 15) is 0 Å². The first-order valence-electron chi connectivity index (χ1n) is 4.97. The summed E-state index contributed by atoms with van der Waals surface area (Å²) in [6, 6.07) is 0. The Morgan fingerprint density at radius 1 is 1.40 bits per heavy atom. The molecule has 15 heavy (non-hydrogen) atoms. The number of methoxy groups -OCH3 is 1. The molecule has 0 amide bonds. The van der Waals surface area contributed by atoms with Crippen LogP contribution in [-0.2, 0) is 4.74 Å². The molecular weight excluding hydrogens is 190 g/mol. The van der Waals surface area contributed by atoms with E-state index in [1.54, 1.807) is 11.6 Å². The Labute approximate surface area is 88.9 Å². The van der Waals surface area contributed by atoms with Gasteiger partial charge in [-0.3, -0.25) is 0 Å². The second-order valence-electron chi connectivity index (χ2n) is 3.77. The maximum Gasteiger partial charge on any atom is 0.159 e. The molecule has 0 aliphatic heterocycles. The van der Waals surface area contributed by atoms with Gasteiger partial charge in [0.25, 0.3) is 0 Å². The van der Waals surface area contributed by atoms with Crippen molar-refractivity contribution in [2.45, 2.75) is 26.9 Å². The first-order chi connectivity index (χ1) is 7.13. The zero-order chi connectivity index (χ0) is 11.0. The molecule has 2 rings (SSSR count). The average molecular weight is 205 g/mol. The fraction of sp³-hybridized carbons (Fsp3) is 0.455. The van der Waals surface area contributed by atoms with Crippen molar-refractivity contribution in [1.29, 1.82) is 0 Å². The molecule has 80 valence electrons. The second kappa shape index (κ2) is 3.62. The highest BCUT2D eigenvalue weighted by Gasteiger charge is 2.14. The number of hydrogen-bond acceptors (Lipinski definition) is 3. The predicted octanol–water partition coefficient (Wildman–Crippen LogP) is 2.05. The van der Waals surface area contributed by atoms with Crippen LogP contribution in [-0.4, -0.2) is 21.7 Å². The Morgan fingerprint density at radius 3 is 2.80 bits per heavy atom. The summed E-state index contributed by atoms with van der Waals surface area (Å²) >= 11 is 0. The molecule has 0 aliphatic rings. The van der Waals surface area contributed by atoms with Gasteiger partial charge in [-0.25, -0.2) is 9.50 Å². The molecule has 0 aliphatic carbocycles. The van der Waals surface area contributed by atoms with Crippen molar-refractivity contribution in [2.75, 3.05) is 7.11 Å². The van der Waals surface area contributed by atoms with E-state index in [1.807, 2.05) is 33.2 Å². The summed E-state index contributed by atoms with van der Waals surface area (Å²) in [4.78, 5) is 4.46. The molecule has 0 radical (unpaired) electrons. The predicted molar refractivity (Wildman–Crippen MR) is 57.9 cm³/mol. The number of rotatable bonds is 2. The van der Waals surface area contributed by atoms with Crippen LogP contribution in [0.4, 0.5) is 0 Å². The van der Waals surface area contributed by atoms with Gasteiger partial charge in [0.2, 0.25) is 0 Å². The topological polar surface area (TPSA) is 39.4 Å². The first kappa shape index (κ1) is 10.1. The van der Waals surface area contributed by atoms with Gasteiger partial charge in [-0.1, -0.05) is 0 Å². The van der Waals surface area contributed by atoms with Crippen LogP contribution in [0.2, 0.25) is 0 Å². The molecule has 4 heteroatoms. The van der Waals surface area contributed by atoms with Gasteiger partial charge in [-0.05, 0) is 26.3 Å². The van der Waals surface area contributed by atoms with Crippen molar-refractivity contribution in [3.05, 3.63) is 29.2 Å². The van der Waals surface area contributed by atoms with E-state index in [2.05, 4.69) is 10.1 Å². The second-order valence-corrected chi connectivity index (χ2v) is 3.77. The van der Waals surface area contributed by atoms with Crippen molar-refractivity contribution in [3.63, 3.8) is 0 Å². The zero-order valence-corrected chi connectivity index (χ0v) is 9.48. The van der Waals surface area contributed by atoms with Crippen LogP contribution in [0.25, 0.3) is 5.65 Å². The number of ether oxygens (including phenoxy) is 1. The molecule has 0 unspecified atom stereocenters. The van der Waals surface area contributed by atoms with Crippen LogP contribution in [0.5, 0.6) is 0 Å². The third kappa shape index (κ3) is 1.61. The van der Waals surface area contributed by atoms with E-state index in [1.165, 1.54) is 0 Å². The van der Waals surface area contributed by atoms with Gasteiger partial charge < -0.3 is 4.74 Å². The van der Waals surface area contributed by atoms with Crippen LogP contribution in [0.15, 0.2) is 12.4 Å². The maximum atomic E-state index is 5.35. The summed E-state index contributed by atoms with van der Waals surface area (Å²) in [5.41, 5.74) is 4.09. The zero-order valence-electron chi connectivity index (χ0n) is 9.48. The number of nitrogens with zero attached hydrogens (tertiary/aromatic N) is 3. The fourth-order valence-corrected chi connectivity index (χ4v) is 1.77. The molecular formula is C11H15N3O. The summed E-state index contributed by atoms with van der Waals surface area (Å²) < 4.78 is 7.15. The van der Waals surface area contributed by atoms with Crippen molar-refractivity contribution in [3.8, 4) is 0 Å². The lowest BCUT2D eigenvalue weighted by atomic mass is 10.1. The summed E-state index contributed by atoms with van der Waals surface area (Å²) in [5, 5.41) is 4.28. The molecule has 2 aromatic heterocycles. The summed E-state index contributed by atoms with van der Waals surface area (Å²) in [6.07, 6.45) is 3.80. The largest absolute Gasteiger partial charge is 0.377 e. The summed E-state index contributed by atoms with van der Waals surface area (Å²) in [5.74, 6) is 0. The average Bonchev–Trinajstić information content (AvgIpc) is 2.57. The first-order valence-corrected chi connectivity index (χ1v) is 4.97. The highest BCUT2D eigenvalue weighted by molar-refractivity contribution is 5.52. The SMILES string of the molecule is CO[C@@H](C)c1c(C)cnn2cc(C)nc12. The standard InChI is InChI=1S/C11H15N3O/c1-7-5-12-14-6-8(2)13-11(14)10(7)9(3)15-4/h5-6,9H,1-4H3/t9-/m0/s1. The molecule has 0 fully saturated rings. The molecule has 0 saturated carbocycles. The molecule has 1 atom stereocenters. The van der Waals surface area contributed by atoms with E-state index in [0.29, 0.717) is 0 Å². The third-order valence-corrected chi connectivity index (χ3v) is 2.61. The molecule has 0 aromatic carbocycles. The number of aromatic nitrogens is 3. The smallest absolute Gasteiger partial charge is 0.159 e. The number of imidazole rings is 1. The Bertz CT molecular complexity index is 490. The van der Waals surface area contributed by atoms with Gasteiger partial charge in [0.1, 0.15) is 0 Å². The maximum absolute atomic E-state index is 5.35. The van der Waals surface area contributed by atoms with Crippen molar-refractivity contribution < 1.29 is 4.74 Å². The molecule has 0 saturated heterocycles. The number of fused-ring (bicyclic) bond motifs is 1. The molecule has 0 N–H and O–H groups in total. The van der Waals surface area contributed by atoms with Crippen LogP contribution < -0.4 is 0 Å². The summed E-state index contributed by atoms with van der Waals surface area (Å²) in [6.45, 7) is 6.01. The van der Waals surface area contributed by atoms with E-state index in [0.717, 1.165) is 22.5 Å². The fourth-order valence-electron chi connectivity index (χ4n) is 1.77. The quantitative estimate of drug-likeness (QED) is 0.753. The van der Waals surface area contributed by atoms with Crippen LogP contribution >= 0.6 is 0 Å². The van der Waals surface area contributed by atoms with E-state index >= 15 is 0 Å². The normalized spacial score (nSPS) is 13.3. The van der Waals surface area contributed by atoms with Crippen molar-refractivity contribution >= 4 is 5.65 Å². The lowest BCUT2D eigenvalue weighted by Gasteiger charge is -2.13. The van der Waals surface area contributed by atoms with Gasteiger partial charge >= 0.3 is 0 Å². The monoisotopic (exact) mass is 205 g/mol. The van der Waals surface area contributed by atoms with Crippen molar-refractivity contribution in [1.82, 2.24) is 14.6 Å². The minimum Gasteiger partial charge on any atom is -0.377 e. The Morgan fingerprint density at radius 2 is 2.13 bits per heavy atom.